The molecule has 4 nitrogen and oxygen atoms in total. The summed E-state index contributed by atoms with van der Waals surface area (Å²) in [6, 6.07) is 21.6. The lowest BCUT2D eigenvalue weighted by Gasteiger charge is -2.28. The third-order valence-electron chi connectivity index (χ3n) is 7.07. The Balaban J connectivity index is 1.20. The van der Waals surface area contributed by atoms with Gasteiger partial charge in [-0.2, -0.15) is 0 Å². The molecule has 2 N–H and O–H groups in total. The minimum atomic E-state index is -1.77. The van der Waals surface area contributed by atoms with Crippen molar-refractivity contribution in [3.63, 3.8) is 0 Å². The summed E-state index contributed by atoms with van der Waals surface area (Å²) in [5, 5.41) is 14.5. The summed E-state index contributed by atoms with van der Waals surface area (Å²) in [6.45, 7) is 2.60. The van der Waals surface area contributed by atoms with E-state index >= 15 is 0 Å². The first kappa shape index (κ1) is 21.7. The second-order valence-electron chi connectivity index (χ2n) is 9.07. The molecular weight excluding hydrogens is 422 g/mol. The molecule has 1 saturated carbocycles. The number of fused-ring (bicyclic) bond motifs is 1. The van der Waals surface area contributed by atoms with Gasteiger partial charge < -0.3 is 10.4 Å². The number of halogens is 2. The Bertz CT molecular complexity index is 1090. The molecule has 1 saturated heterocycles. The number of carbonyl (C=O) groups is 1. The monoisotopic (exact) mass is 448 g/mol. The molecule has 1 amide bonds. The van der Waals surface area contributed by atoms with Gasteiger partial charge >= 0.3 is 0 Å². The molecule has 0 aromatic heterocycles. The van der Waals surface area contributed by atoms with Crippen LogP contribution in [-0.2, 0) is 16.9 Å². The molecule has 1 aliphatic heterocycles. The Morgan fingerprint density at radius 3 is 2.06 bits per heavy atom. The minimum absolute atomic E-state index is 0.346. The highest BCUT2D eigenvalue weighted by molar-refractivity contribution is 5.90. The third-order valence-corrected chi connectivity index (χ3v) is 7.07. The van der Waals surface area contributed by atoms with E-state index < -0.39 is 23.1 Å². The lowest BCUT2D eigenvalue weighted by molar-refractivity contribution is -0.136. The van der Waals surface area contributed by atoms with Gasteiger partial charge in [0.25, 0.3) is 5.91 Å². The van der Waals surface area contributed by atoms with Gasteiger partial charge in [0.05, 0.1) is 0 Å². The first-order valence-corrected chi connectivity index (χ1v) is 11.2. The zero-order valence-electron chi connectivity index (χ0n) is 18.1. The predicted molar refractivity (Wildman–Crippen MR) is 121 cm³/mol. The average Bonchev–Trinajstić information content (AvgIpc) is 3.29. The second-order valence-corrected chi connectivity index (χ2v) is 9.07. The number of likely N-dealkylation sites (tertiary alicyclic amines) is 1. The summed E-state index contributed by atoms with van der Waals surface area (Å²) in [4.78, 5) is 15.4. The summed E-state index contributed by atoms with van der Waals surface area (Å²) in [5.41, 5.74) is -0.216. The Hall–Kier alpha value is -3.09. The van der Waals surface area contributed by atoms with Crippen LogP contribution < -0.4 is 5.32 Å². The fraction of sp³-hybridized carbons (Fsp3) is 0.296. The lowest BCUT2D eigenvalue weighted by Crippen LogP contribution is -2.46. The van der Waals surface area contributed by atoms with E-state index in [2.05, 4.69) is 10.2 Å². The fourth-order valence-corrected chi connectivity index (χ4v) is 5.19. The normalized spacial score (nSPS) is 22.1. The SMILES string of the molecule is O=C(NCC1C2CN(Cc3ccc(F)cc3F)CC12)C(O)(c1ccccc1)c1ccccc1. The fourth-order valence-electron chi connectivity index (χ4n) is 5.19. The molecule has 0 radical (unpaired) electrons. The van der Waals surface area contributed by atoms with Crippen LogP contribution in [0.1, 0.15) is 16.7 Å². The van der Waals surface area contributed by atoms with Gasteiger partial charge in [0, 0.05) is 37.8 Å². The van der Waals surface area contributed by atoms with Crippen LogP contribution in [0, 0.1) is 29.4 Å². The van der Waals surface area contributed by atoms with Crippen LogP contribution in [0.15, 0.2) is 78.9 Å². The van der Waals surface area contributed by atoms with Crippen molar-refractivity contribution in [2.24, 2.45) is 17.8 Å². The van der Waals surface area contributed by atoms with Crippen molar-refractivity contribution in [1.82, 2.24) is 10.2 Å². The lowest BCUT2D eigenvalue weighted by atomic mass is 9.85. The van der Waals surface area contributed by atoms with Crippen molar-refractivity contribution in [3.05, 3.63) is 107 Å². The number of aliphatic hydroxyl groups is 1. The molecule has 2 unspecified atom stereocenters. The van der Waals surface area contributed by atoms with Gasteiger partial charge in [0.2, 0.25) is 0 Å². The van der Waals surface area contributed by atoms with Gasteiger partial charge in [0.15, 0.2) is 5.60 Å². The molecule has 6 heteroatoms. The largest absolute Gasteiger partial charge is 0.372 e. The molecule has 0 bridgehead atoms. The smallest absolute Gasteiger partial charge is 0.261 e. The molecule has 2 fully saturated rings. The van der Waals surface area contributed by atoms with Crippen LogP contribution in [0.4, 0.5) is 8.78 Å². The number of hydrogen-bond acceptors (Lipinski definition) is 3. The quantitative estimate of drug-likeness (QED) is 0.580. The van der Waals surface area contributed by atoms with Gasteiger partial charge in [-0.25, -0.2) is 8.78 Å². The minimum Gasteiger partial charge on any atom is -0.372 e. The molecule has 170 valence electrons. The highest BCUT2D eigenvalue weighted by Gasteiger charge is 2.55. The number of rotatable bonds is 7. The third kappa shape index (κ3) is 4.16. The summed E-state index contributed by atoms with van der Waals surface area (Å²) in [5.74, 6) is -0.289. The highest BCUT2D eigenvalue weighted by Crippen LogP contribution is 2.51. The first-order valence-electron chi connectivity index (χ1n) is 11.2. The van der Waals surface area contributed by atoms with Crippen LogP contribution in [0.5, 0.6) is 0 Å². The topological polar surface area (TPSA) is 52.6 Å². The van der Waals surface area contributed by atoms with Crippen molar-refractivity contribution >= 4 is 5.91 Å². The maximum Gasteiger partial charge on any atom is 0.261 e. The van der Waals surface area contributed by atoms with Gasteiger partial charge in [0.1, 0.15) is 11.6 Å². The standard InChI is InChI=1S/C27H26F2N2O2/c28-21-12-11-18(25(29)13-21)15-31-16-23-22(24(23)17-31)14-30-26(32)27(33,19-7-3-1-4-8-19)20-9-5-2-6-10-20/h1-13,22-24,33H,14-17H2,(H,30,32). The first-order chi connectivity index (χ1) is 16.0. The number of carbonyl (C=O) groups excluding carboxylic acids is 1. The zero-order valence-corrected chi connectivity index (χ0v) is 18.1. The summed E-state index contributed by atoms with van der Waals surface area (Å²) in [7, 11) is 0. The van der Waals surface area contributed by atoms with E-state index in [0.717, 1.165) is 19.2 Å². The molecule has 3 aromatic rings. The maximum absolute atomic E-state index is 14.0. The zero-order chi connectivity index (χ0) is 23.0. The van der Waals surface area contributed by atoms with Crippen LogP contribution in [0.2, 0.25) is 0 Å². The molecule has 2 atom stereocenters. The van der Waals surface area contributed by atoms with Gasteiger partial charge in [-0.15, -0.1) is 0 Å². The van der Waals surface area contributed by atoms with Crippen molar-refractivity contribution < 1.29 is 18.7 Å². The number of hydrogen-bond donors (Lipinski definition) is 2. The van der Waals surface area contributed by atoms with E-state index in [1.165, 1.54) is 12.1 Å². The average molecular weight is 449 g/mol. The molecule has 5 rings (SSSR count). The van der Waals surface area contributed by atoms with Crippen LogP contribution in [0.25, 0.3) is 0 Å². The Kier molecular flexibility index (Phi) is 5.72. The Labute approximate surface area is 191 Å². The van der Waals surface area contributed by atoms with Gasteiger partial charge in [-0.05, 0) is 34.9 Å². The van der Waals surface area contributed by atoms with Crippen LogP contribution >= 0.6 is 0 Å². The van der Waals surface area contributed by atoms with Gasteiger partial charge in [-0.3, -0.25) is 9.69 Å². The van der Waals surface area contributed by atoms with E-state index in [1.54, 1.807) is 48.5 Å². The number of nitrogens with one attached hydrogen (secondary N) is 1. The Morgan fingerprint density at radius 2 is 1.52 bits per heavy atom. The molecular formula is C27H26F2N2O2. The number of amides is 1. The van der Waals surface area contributed by atoms with E-state index in [0.29, 0.717) is 47.5 Å². The van der Waals surface area contributed by atoms with Crippen molar-refractivity contribution in [3.8, 4) is 0 Å². The number of nitrogens with zero attached hydrogens (tertiary/aromatic N) is 1. The summed E-state index contributed by atoms with van der Waals surface area (Å²) < 4.78 is 27.1. The van der Waals surface area contributed by atoms with Crippen molar-refractivity contribution in [2.45, 2.75) is 12.1 Å². The highest BCUT2D eigenvalue weighted by atomic mass is 19.1. The number of benzene rings is 3. The predicted octanol–water partition coefficient (Wildman–Crippen LogP) is 3.69. The Morgan fingerprint density at radius 1 is 0.939 bits per heavy atom. The molecule has 1 heterocycles. The summed E-state index contributed by atoms with van der Waals surface area (Å²) in [6.07, 6.45) is 0. The molecule has 33 heavy (non-hydrogen) atoms. The van der Waals surface area contributed by atoms with Crippen LogP contribution in [-0.4, -0.2) is 35.5 Å². The summed E-state index contributed by atoms with van der Waals surface area (Å²) >= 11 is 0. The number of piperidine rings is 1. The maximum atomic E-state index is 14.0. The molecule has 0 spiro atoms. The van der Waals surface area contributed by atoms with E-state index in [-0.39, 0.29) is 0 Å². The molecule has 2 aliphatic rings. The van der Waals surface area contributed by atoms with Crippen molar-refractivity contribution in [2.75, 3.05) is 19.6 Å². The van der Waals surface area contributed by atoms with E-state index in [4.69, 9.17) is 0 Å². The van der Waals surface area contributed by atoms with E-state index in [1.807, 2.05) is 12.1 Å². The molecule has 3 aromatic carbocycles. The van der Waals surface area contributed by atoms with Gasteiger partial charge in [-0.1, -0.05) is 66.7 Å². The second kappa shape index (κ2) is 8.69. The molecule has 1 aliphatic carbocycles. The van der Waals surface area contributed by atoms with Crippen molar-refractivity contribution in [1.29, 1.82) is 0 Å². The van der Waals surface area contributed by atoms with Crippen LogP contribution in [0.3, 0.4) is 0 Å². The van der Waals surface area contributed by atoms with E-state index in [9.17, 15) is 18.7 Å².